The summed E-state index contributed by atoms with van der Waals surface area (Å²) < 4.78 is 2.23. The molecule has 0 unspecified atom stereocenters. The Kier molecular flexibility index (Phi) is 2.27. The van der Waals surface area contributed by atoms with E-state index in [1.807, 2.05) is 25.1 Å². The number of hydrogen-bond acceptors (Lipinski definition) is 1. The molecule has 0 N–H and O–H groups in total. The predicted octanol–water partition coefficient (Wildman–Crippen LogP) is 3.75. The minimum Gasteiger partial charge on any atom is -0.323 e. The second-order valence-electron chi connectivity index (χ2n) is 4.80. The molecular formula is C12H15ClN2. The lowest BCUT2D eigenvalue weighted by Crippen LogP contribution is -2.22. The number of rotatable bonds is 0. The monoisotopic (exact) mass is 222 g/mol. The van der Waals surface area contributed by atoms with Crippen molar-refractivity contribution in [1.82, 2.24) is 9.55 Å². The van der Waals surface area contributed by atoms with Crippen LogP contribution in [0.1, 0.15) is 26.6 Å². The molecule has 0 aliphatic heterocycles. The number of benzene rings is 1. The standard InChI is InChI=1S/C12H15ClN2/c1-8-14-10-7-9(13)5-6-11(10)15(8)12(2,3)4/h5-7H,1-4H3. The van der Waals surface area contributed by atoms with Crippen LogP contribution in [0.25, 0.3) is 11.0 Å². The van der Waals surface area contributed by atoms with Gasteiger partial charge in [0.05, 0.1) is 11.0 Å². The highest BCUT2D eigenvalue weighted by Crippen LogP contribution is 2.26. The first-order valence-electron chi connectivity index (χ1n) is 5.05. The van der Waals surface area contributed by atoms with Gasteiger partial charge in [0.25, 0.3) is 0 Å². The molecule has 0 fully saturated rings. The van der Waals surface area contributed by atoms with Crippen molar-refractivity contribution in [1.29, 1.82) is 0 Å². The normalized spacial score (nSPS) is 12.3. The Labute approximate surface area is 94.9 Å². The Hall–Kier alpha value is -1.02. The molecule has 2 nitrogen and oxygen atoms in total. The van der Waals surface area contributed by atoms with Gasteiger partial charge >= 0.3 is 0 Å². The average Bonchev–Trinajstić information content (AvgIpc) is 2.38. The van der Waals surface area contributed by atoms with Crippen LogP contribution in [0.4, 0.5) is 0 Å². The summed E-state index contributed by atoms with van der Waals surface area (Å²) in [4.78, 5) is 4.52. The van der Waals surface area contributed by atoms with E-state index in [2.05, 4.69) is 30.3 Å². The highest BCUT2D eigenvalue weighted by atomic mass is 35.5. The molecule has 2 rings (SSSR count). The summed E-state index contributed by atoms with van der Waals surface area (Å²) in [7, 11) is 0. The lowest BCUT2D eigenvalue weighted by molar-refractivity contribution is 0.400. The molecule has 0 amide bonds. The van der Waals surface area contributed by atoms with E-state index in [1.54, 1.807) is 0 Å². The van der Waals surface area contributed by atoms with Crippen LogP contribution in [0.5, 0.6) is 0 Å². The van der Waals surface area contributed by atoms with Gasteiger partial charge in [-0.3, -0.25) is 0 Å². The van der Waals surface area contributed by atoms with Crippen LogP contribution in [0.15, 0.2) is 18.2 Å². The zero-order chi connectivity index (χ0) is 11.2. The Morgan fingerprint density at radius 3 is 2.53 bits per heavy atom. The molecule has 0 saturated heterocycles. The molecular weight excluding hydrogens is 208 g/mol. The molecule has 15 heavy (non-hydrogen) atoms. The number of aromatic nitrogens is 2. The molecule has 2 aromatic rings. The summed E-state index contributed by atoms with van der Waals surface area (Å²) in [6.07, 6.45) is 0. The van der Waals surface area contributed by atoms with Crippen molar-refractivity contribution in [3.8, 4) is 0 Å². The average molecular weight is 223 g/mol. The summed E-state index contributed by atoms with van der Waals surface area (Å²) in [6, 6.07) is 5.85. The molecule has 1 aromatic heterocycles. The maximum atomic E-state index is 5.95. The molecule has 0 saturated carbocycles. The first-order chi connectivity index (χ1) is 6.89. The Balaban J connectivity index is 2.80. The number of hydrogen-bond donors (Lipinski definition) is 0. The van der Waals surface area contributed by atoms with E-state index in [-0.39, 0.29) is 5.54 Å². The smallest absolute Gasteiger partial charge is 0.107 e. The van der Waals surface area contributed by atoms with E-state index in [4.69, 9.17) is 11.6 Å². The summed E-state index contributed by atoms with van der Waals surface area (Å²) in [5, 5.41) is 0.737. The van der Waals surface area contributed by atoms with Gasteiger partial charge in [0.2, 0.25) is 0 Å². The third-order valence-corrected chi connectivity index (χ3v) is 2.69. The van der Waals surface area contributed by atoms with E-state index in [0.717, 1.165) is 21.9 Å². The molecule has 1 heterocycles. The van der Waals surface area contributed by atoms with Gasteiger partial charge in [-0.2, -0.15) is 0 Å². The van der Waals surface area contributed by atoms with Crippen LogP contribution in [-0.2, 0) is 5.54 Å². The predicted molar refractivity (Wildman–Crippen MR) is 64.5 cm³/mol. The number of halogens is 1. The number of fused-ring (bicyclic) bond motifs is 1. The van der Waals surface area contributed by atoms with Crippen LogP contribution in [0, 0.1) is 6.92 Å². The number of imidazole rings is 1. The van der Waals surface area contributed by atoms with E-state index in [1.165, 1.54) is 0 Å². The molecule has 0 spiro atoms. The highest BCUT2D eigenvalue weighted by Gasteiger charge is 2.18. The largest absolute Gasteiger partial charge is 0.323 e. The molecule has 0 radical (unpaired) electrons. The van der Waals surface area contributed by atoms with Gasteiger partial charge in [-0.1, -0.05) is 11.6 Å². The van der Waals surface area contributed by atoms with Gasteiger partial charge in [0, 0.05) is 10.6 Å². The second-order valence-corrected chi connectivity index (χ2v) is 5.23. The molecule has 0 atom stereocenters. The highest BCUT2D eigenvalue weighted by molar-refractivity contribution is 6.31. The lowest BCUT2D eigenvalue weighted by Gasteiger charge is -2.23. The fourth-order valence-corrected chi connectivity index (χ4v) is 2.19. The zero-order valence-corrected chi connectivity index (χ0v) is 10.3. The maximum Gasteiger partial charge on any atom is 0.107 e. The SMILES string of the molecule is Cc1nc2cc(Cl)ccc2n1C(C)(C)C. The van der Waals surface area contributed by atoms with E-state index in [0.29, 0.717) is 0 Å². The third-order valence-electron chi connectivity index (χ3n) is 2.46. The van der Waals surface area contributed by atoms with Crippen LogP contribution >= 0.6 is 11.6 Å². The quantitative estimate of drug-likeness (QED) is 0.664. The first-order valence-corrected chi connectivity index (χ1v) is 5.42. The van der Waals surface area contributed by atoms with E-state index >= 15 is 0 Å². The lowest BCUT2D eigenvalue weighted by atomic mass is 10.1. The van der Waals surface area contributed by atoms with Crippen molar-refractivity contribution >= 4 is 22.6 Å². The maximum absolute atomic E-state index is 5.95. The summed E-state index contributed by atoms with van der Waals surface area (Å²) in [5.74, 6) is 1.03. The summed E-state index contributed by atoms with van der Waals surface area (Å²) in [6.45, 7) is 8.56. The fraction of sp³-hybridized carbons (Fsp3) is 0.417. The molecule has 0 aliphatic rings. The first kappa shape index (κ1) is 10.5. The van der Waals surface area contributed by atoms with Gasteiger partial charge in [0.1, 0.15) is 5.82 Å². The molecule has 0 bridgehead atoms. The topological polar surface area (TPSA) is 17.8 Å². The Morgan fingerprint density at radius 1 is 1.27 bits per heavy atom. The molecule has 80 valence electrons. The number of aryl methyl sites for hydroxylation is 1. The van der Waals surface area contributed by atoms with Crippen molar-refractivity contribution in [2.45, 2.75) is 33.2 Å². The summed E-state index contributed by atoms with van der Waals surface area (Å²) in [5.41, 5.74) is 2.16. The van der Waals surface area contributed by atoms with Gasteiger partial charge in [-0.15, -0.1) is 0 Å². The molecule has 1 aromatic carbocycles. The van der Waals surface area contributed by atoms with Crippen LogP contribution in [-0.4, -0.2) is 9.55 Å². The van der Waals surface area contributed by atoms with Gasteiger partial charge in [-0.05, 0) is 45.9 Å². The summed E-state index contributed by atoms with van der Waals surface area (Å²) >= 11 is 5.95. The van der Waals surface area contributed by atoms with Crippen molar-refractivity contribution in [3.05, 3.63) is 29.0 Å². The van der Waals surface area contributed by atoms with E-state index < -0.39 is 0 Å². The van der Waals surface area contributed by atoms with Gasteiger partial charge in [0.15, 0.2) is 0 Å². The van der Waals surface area contributed by atoms with Crippen molar-refractivity contribution < 1.29 is 0 Å². The number of nitrogens with zero attached hydrogens (tertiary/aromatic N) is 2. The zero-order valence-electron chi connectivity index (χ0n) is 9.50. The van der Waals surface area contributed by atoms with Crippen LogP contribution in [0.2, 0.25) is 5.02 Å². The fourth-order valence-electron chi connectivity index (χ4n) is 2.02. The Bertz CT molecular complexity index is 506. The Morgan fingerprint density at radius 2 is 1.93 bits per heavy atom. The van der Waals surface area contributed by atoms with E-state index in [9.17, 15) is 0 Å². The van der Waals surface area contributed by atoms with Crippen LogP contribution < -0.4 is 0 Å². The molecule has 0 aliphatic carbocycles. The van der Waals surface area contributed by atoms with Crippen molar-refractivity contribution in [2.24, 2.45) is 0 Å². The second kappa shape index (κ2) is 3.24. The van der Waals surface area contributed by atoms with Crippen molar-refractivity contribution in [3.63, 3.8) is 0 Å². The minimum absolute atomic E-state index is 0.0483. The van der Waals surface area contributed by atoms with Gasteiger partial charge < -0.3 is 4.57 Å². The van der Waals surface area contributed by atoms with Gasteiger partial charge in [-0.25, -0.2) is 4.98 Å². The third kappa shape index (κ3) is 1.74. The van der Waals surface area contributed by atoms with Crippen LogP contribution in [0.3, 0.4) is 0 Å². The molecule has 3 heteroatoms. The van der Waals surface area contributed by atoms with Crippen molar-refractivity contribution in [2.75, 3.05) is 0 Å². The minimum atomic E-state index is 0.0483.